The molecule has 1 aromatic carbocycles. The van der Waals surface area contributed by atoms with Crippen molar-refractivity contribution >= 4 is 22.9 Å². The number of carbonyl (C=O) groups is 1. The number of amides is 1. The lowest BCUT2D eigenvalue weighted by Crippen LogP contribution is -2.14. The van der Waals surface area contributed by atoms with Gasteiger partial charge in [-0.25, -0.2) is 0 Å². The summed E-state index contributed by atoms with van der Waals surface area (Å²) in [6.07, 6.45) is 0.812. The second-order valence-corrected chi connectivity index (χ2v) is 5.36. The SMILES string of the molecule is Cc1ccsc1C[C@@H]1C(=O)Nc2ccccc21. The Hall–Kier alpha value is -1.61. The van der Waals surface area contributed by atoms with Crippen LogP contribution in [0.5, 0.6) is 0 Å². The van der Waals surface area contributed by atoms with Crippen molar-refractivity contribution in [3.05, 3.63) is 51.7 Å². The van der Waals surface area contributed by atoms with E-state index >= 15 is 0 Å². The van der Waals surface area contributed by atoms with Gasteiger partial charge in [-0.2, -0.15) is 0 Å². The summed E-state index contributed by atoms with van der Waals surface area (Å²) >= 11 is 1.73. The van der Waals surface area contributed by atoms with E-state index in [9.17, 15) is 4.79 Å². The van der Waals surface area contributed by atoms with Crippen molar-refractivity contribution < 1.29 is 4.79 Å². The molecule has 2 aromatic rings. The Morgan fingerprint density at radius 3 is 2.88 bits per heavy atom. The van der Waals surface area contributed by atoms with Crippen LogP contribution in [0.1, 0.15) is 21.9 Å². The molecule has 0 saturated carbocycles. The summed E-state index contributed by atoms with van der Waals surface area (Å²) in [5.41, 5.74) is 3.38. The number of anilines is 1. The highest BCUT2D eigenvalue weighted by Gasteiger charge is 2.30. The third-order valence-electron chi connectivity index (χ3n) is 3.27. The number of carbonyl (C=O) groups excluding carboxylic acids is 1. The summed E-state index contributed by atoms with van der Waals surface area (Å²) < 4.78 is 0. The number of thiophene rings is 1. The predicted octanol–water partition coefficient (Wildman–Crippen LogP) is 3.33. The molecule has 0 saturated heterocycles. The van der Waals surface area contributed by atoms with Crippen LogP contribution < -0.4 is 5.32 Å². The molecule has 1 aromatic heterocycles. The summed E-state index contributed by atoms with van der Waals surface area (Å²) in [6, 6.07) is 10.1. The second kappa shape index (κ2) is 4.00. The fourth-order valence-electron chi connectivity index (χ4n) is 2.28. The van der Waals surface area contributed by atoms with Crippen LogP contribution >= 0.6 is 11.3 Å². The first-order chi connectivity index (χ1) is 8.25. The molecule has 1 N–H and O–H groups in total. The molecule has 0 fully saturated rings. The molecule has 1 atom stereocenters. The molecule has 1 aliphatic rings. The zero-order valence-electron chi connectivity index (χ0n) is 9.57. The summed E-state index contributed by atoms with van der Waals surface area (Å²) in [7, 11) is 0. The standard InChI is InChI=1S/C14H13NOS/c1-9-6-7-17-13(9)8-11-10-4-2-3-5-12(10)15-14(11)16/h2-7,11H,8H2,1H3,(H,15,16)/t11-/m0/s1. The Balaban J connectivity index is 1.94. The van der Waals surface area contributed by atoms with Crippen molar-refractivity contribution in [2.45, 2.75) is 19.3 Å². The van der Waals surface area contributed by atoms with Gasteiger partial charge in [-0.3, -0.25) is 4.79 Å². The number of aryl methyl sites for hydroxylation is 1. The fraction of sp³-hybridized carbons (Fsp3) is 0.214. The van der Waals surface area contributed by atoms with E-state index in [0.717, 1.165) is 17.7 Å². The van der Waals surface area contributed by atoms with Gasteiger partial charge in [0.1, 0.15) is 0 Å². The van der Waals surface area contributed by atoms with E-state index in [1.165, 1.54) is 10.4 Å². The van der Waals surface area contributed by atoms with E-state index < -0.39 is 0 Å². The molecule has 0 aliphatic carbocycles. The van der Waals surface area contributed by atoms with Crippen LogP contribution in [-0.2, 0) is 11.2 Å². The zero-order chi connectivity index (χ0) is 11.8. The second-order valence-electron chi connectivity index (χ2n) is 4.36. The molecule has 0 radical (unpaired) electrons. The van der Waals surface area contributed by atoms with Crippen molar-refractivity contribution in [2.24, 2.45) is 0 Å². The first-order valence-electron chi connectivity index (χ1n) is 5.68. The monoisotopic (exact) mass is 243 g/mol. The Labute approximate surface area is 104 Å². The van der Waals surface area contributed by atoms with Gasteiger partial charge in [0.2, 0.25) is 5.91 Å². The van der Waals surface area contributed by atoms with Gasteiger partial charge >= 0.3 is 0 Å². The first-order valence-corrected chi connectivity index (χ1v) is 6.56. The van der Waals surface area contributed by atoms with Gasteiger partial charge in [-0.1, -0.05) is 18.2 Å². The lowest BCUT2D eigenvalue weighted by Gasteiger charge is -2.07. The number of para-hydroxylation sites is 1. The largest absolute Gasteiger partial charge is 0.325 e. The minimum atomic E-state index is -0.0245. The lowest BCUT2D eigenvalue weighted by atomic mass is 9.95. The lowest BCUT2D eigenvalue weighted by molar-refractivity contribution is -0.117. The molecule has 17 heavy (non-hydrogen) atoms. The summed E-state index contributed by atoms with van der Waals surface area (Å²) in [6.45, 7) is 2.10. The smallest absolute Gasteiger partial charge is 0.232 e. The molecule has 0 unspecified atom stereocenters. The summed E-state index contributed by atoms with van der Waals surface area (Å²) in [5, 5.41) is 5.03. The van der Waals surface area contributed by atoms with Crippen molar-refractivity contribution in [1.29, 1.82) is 0 Å². The molecule has 86 valence electrons. The van der Waals surface area contributed by atoms with Crippen LogP contribution in [0.3, 0.4) is 0 Å². The minimum Gasteiger partial charge on any atom is -0.325 e. The zero-order valence-corrected chi connectivity index (χ0v) is 10.4. The number of fused-ring (bicyclic) bond motifs is 1. The Bertz CT molecular complexity index is 573. The number of rotatable bonds is 2. The Kier molecular flexibility index (Phi) is 2.48. The van der Waals surface area contributed by atoms with Gasteiger partial charge in [0, 0.05) is 10.6 Å². The van der Waals surface area contributed by atoms with Crippen LogP contribution in [0.25, 0.3) is 0 Å². The summed E-state index contributed by atoms with van der Waals surface area (Å²) in [5.74, 6) is 0.0996. The van der Waals surface area contributed by atoms with Gasteiger partial charge in [0.15, 0.2) is 0 Å². The third kappa shape index (κ3) is 1.76. The number of nitrogens with one attached hydrogen (secondary N) is 1. The van der Waals surface area contributed by atoms with E-state index in [4.69, 9.17) is 0 Å². The van der Waals surface area contributed by atoms with Crippen molar-refractivity contribution in [1.82, 2.24) is 0 Å². The molecule has 1 amide bonds. The third-order valence-corrected chi connectivity index (χ3v) is 4.31. The van der Waals surface area contributed by atoms with E-state index in [2.05, 4.69) is 23.7 Å². The maximum Gasteiger partial charge on any atom is 0.232 e. The minimum absolute atomic E-state index is 0.0245. The fourth-order valence-corrected chi connectivity index (χ4v) is 3.23. The average Bonchev–Trinajstić information content (AvgIpc) is 2.85. The highest BCUT2D eigenvalue weighted by molar-refractivity contribution is 7.10. The average molecular weight is 243 g/mol. The van der Waals surface area contributed by atoms with E-state index in [1.54, 1.807) is 11.3 Å². The van der Waals surface area contributed by atoms with Crippen LogP contribution in [0.4, 0.5) is 5.69 Å². The molecule has 1 aliphatic heterocycles. The highest BCUT2D eigenvalue weighted by atomic mass is 32.1. The first kappa shape index (κ1) is 10.5. The molecular weight excluding hydrogens is 230 g/mol. The van der Waals surface area contributed by atoms with Gasteiger partial charge in [0.05, 0.1) is 5.92 Å². The van der Waals surface area contributed by atoms with Crippen LogP contribution in [0.2, 0.25) is 0 Å². The number of hydrogen-bond donors (Lipinski definition) is 1. The maximum atomic E-state index is 12.0. The van der Waals surface area contributed by atoms with Crippen LogP contribution in [-0.4, -0.2) is 5.91 Å². The topological polar surface area (TPSA) is 29.1 Å². The Morgan fingerprint density at radius 2 is 2.12 bits per heavy atom. The molecule has 3 heteroatoms. The van der Waals surface area contributed by atoms with Gasteiger partial charge in [-0.05, 0) is 42.0 Å². The normalized spacial score (nSPS) is 17.9. The quantitative estimate of drug-likeness (QED) is 0.861. The Morgan fingerprint density at radius 1 is 1.29 bits per heavy atom. The number of benzene rings is 1. The van der Waals surface area contributed by atoms with Crippen molar-refractivity contribution in [3.8, 4) is 0 Å². The number of hydrogen-bond acceptors (Lipinski definition) is 2. The molecule has 0 bridgehead atoms. The van der Waals surface area contributed by atoms with Crippen LogP contribution in [0.15, 0.2) is 35.7 Å². The highest BCUT2D eigenvalue weighted by Crippen LogP contribution is 2.35. The predicted molar refractivity (Wildman–Crippen MR) is 70.6 cm³/mol. The van der Waals surface area contributed by atoms with E-state index in [-0.39, 0.29) is 11.8 Å². The molecule has 3 rings (SSSR count). The van der Waals surface area contributed by atoms with Crippen LogP contribution in [0, 0.1) is 6.92 Å². The summed E-state index contributed by atoms with van der Waals surface area (Å²) in [4.78, 5) is 13.3. The maximum absolute atomic E-state index is 12.0. The van der Waals surface area contributed by atoms with Crippen molar-refractivity contribution in [2.75, 3.05) is 5.32 Å². The van der Waals surface area contributed by atoms with E-state index in [1.807, 2.05) is 24.3 Å². The van der Waals surface area contributed by atoms with Gasteiger partial charge in [-0.15, -0.1) is 11.3 Å². The molecule has 2 heterocycles. The van der Waals surface area contributed by atoms with Crippen molar-refractivity contribution in [3.63, 3.8) is 0 Å². The van der Waals surface area contributed by atoms with E-state index in [0.29, 0.717) is 0 Å². The molecular formula is C14H13NOS. The van der Waals surface area contributed by atoms with Gasteiger partial charge < -0.3 is 5.32 Å². The molecule has 0 spiro atoms. The van der Waals surface area contributed by atoms with Gasteiger partial charge in [0.25, 0.3) is 0 Å². The molecule has 2 nitrogen and oxygen atoms in total.